The van der Waals surface area contributed by atoms with Crippen LogP contribution >= 0.6 is 10.7 Å². The summed E-state index contributed by atoms with van der Waals surface area (Å²) in [6.07, 6.45) is -4.65. The van der Waals surface area contributed by atoms with Gasteiger partial charge in [0.1, 0.15) is 0 Å². The molecular weight excluding hydrogens is 229 g/mol. The van der Waals surface area contributed by atoms with Crippen molar-refractivity contribution in [1.82, 2.24) is 0 Å². The third-order valence-electron chi connectivity index (χ3n) is 1.35. The lowest BCUT2D eigenvalue weighted by Gasteiger charge is -2.04. The molecule has 2 nitrogen and oxygen atoms in total. The summed E-state index contributed by atoms with van der Waals surface area (Å²) in [5.74, 6) is -0.258. The SMILES string of the molecule is O=S(=O)(Cl)CCCCCC(F)(F)F. The summed E-state index contributed by atoms with van der Waals surface area (Å²) in [5, 5.41) is 0. The molecule has 7 heteroatoms. The third kappa shape index (κ3) is 12.0. The first-order valence-corrected chi connectivity index (χ1v) is 6.18. The molecule has 0 heterocycles. The zero-order chi connectivity index (χ0) is 10.5. The number of rotatable bonds is 5. The summed E-state index contributed by atoms with van der Waals surface area (Å²) in [7, 11) is 1.30. The fourth-order valence-corrected chi connectivity index (χ4v) is 1.65. The van der Waals surface area contributed by atoms with E-state index in [0.29, 0.717) is 0 Å². The first kappa shape index (κ1) is 13.0. The van der Waals surface area contributed by atoms with Crippen molar-refractivity contribution in [3.8, 4) is 0 Å². The fourth-order valence-electron chi connectivity index (χ4n) is 0.777. The van der Waals surface area contributed by atoms with Gasteiger partial charge in [0.25, 0.3) is 0 Å². The van der Waals surface area contributed by atoms with Crippen LogP contribution in [-0.2, 0) is 9.05 Å². The standard InChI is InChI=1S/C6H10ClF3O2S/c7-13(11,12)5-3-1-2-4-6(8,9)10/h1-5H2. The van der Waals surface area contributed by atoms with E-state index >= 15 is 0 Å². The van der Waals surface area contributed by atoms with E-state index in [4.69, 9.17) is 10.7 Å². The Hall–Kier alpha value is 0.0300. The van der Waals surface area contributed by atoms with Crippen molar-refractivity contribution in [3.05, 3.63) is 0 Å². The Morgan fingerprint density at radius 1 is 1.08 bits per heavy atom. The Kier molecular flexibility index (Phi) is 5.06. The van der Waals surface area contributed by atoms with E-state index in [9.17, 15) is 21.6 Å². The molecule has 0 spiro atoms. The van der Waals surface area contributed by atoms with E-state index in [-0.39, 0.29) is 25.0 Å². The molecule has 0 aliphatic carbocycles. The lowest BCUT2D eigenvalue weighted by molar-refractivity contribution is -0.135. The quantitative estimate of drug-likeness (QED) is 0.545. The smallest absolute Gasteiger partial charge is 0.212 e. The van der Waals surface area contributed by atoms with E-state index in [1.54, 1.807) is 0 Å². The Morgan fingerprint density at radius 3 is 2.00 bits per heavy atom. The molecule has 0 aliphatic rings. The largest absolute Gasteiger partial charge is 0.389 e. The monoisotopic (exact) mass is 238 g/mol. The maximum Gasteiger partial charge on any atom is 0.389 e. The van der Waals surface area contributed by atoms with Crippen LogP contribution in [0.5, 0.6) is 0 Å². The van der Waals surface area contributed by atoms with Crippen LogP contribution in [0.4, 0.5) is 13.2 Å². The number of unbranched alkanes of at least 4 members (excludes halogenated alkanes) is 2. The van der Waals surface area contributed by atoms with Crippen molar-refractivity contribution in [2.45, 2.75) is 31.9 Å². The van der Waals surface area contributed by atoms with Crippen LogP contribution in [0.15, 0.2) is 0 Å². The van der Waals surface area contributed by atoms with Crippen LogP contribution in [0, 0.1) is 0 Å². The zero-order valence-corrected chi connectivity index (χ0v) is 8.34. The molecule has 0 unspecified atom stereocenters. The van der Waals surface area contributed by atoms with E-state index in [1.165, 1.54) is 0 Å². The van der Waals surface area contributed by atoms with Gasteiger partial charge in [0.05, 0.1) is 5.75 Å². The second kappa shape index (κ2) is 5.05. The van der Waals surface area contributed by atoms with Crippen LogP contribution in [-0.4, -0.2) is 20.3 Å². The topological polar surface area (TPSA) is 34.1 Å². The Balaban J connectivity index is 3.39. The molecule has 0 saturated carbocycles. The van der Waals surface area contributed by atoms with Crippen molar-refractivity contribution in [1.29, 1.82) is 0 Å². The van der Waals surface area contributed by atoms with Gasteiger partial charge in [-0.25, -0.2) is 8.42 Å². The van der Waals surface area contributed by atoms with Crippen LogP contribution in [0.3, 0.4) is 0 Å². The highest BCUT2D eigenvalue weighted by atomic mass is 35.7. The molecular formula is C6H10ClF3O2S. The minimum Gasteiger partial charge on any atom is -0.212 e. The molecule has 0 aromatic carbocycles. The summed E-state index contributed by atoms with van der Waals surface area (Å²) in [6.45, 7) is 0. The van der Waals surface area contributed by atoms with Gasteiger partial charge in [-0.05, 0) is 12.8 Å². The molecule has 0 bridgehead atoms. The maximum absolute atomic E-state index is 11.6. The van der Waals surface area contributed by atoms with Crippen LogP contribution in [0.25, 0.3) is 0 Å². The Bertz CT molecular complexity index is 235. The highest BCUT2D eigenvalue weighted by molar-refractivity contribution is 8.13. The molecule has 13 heavy (non-hydrogen) atoms. The minimum atomic E-state index is -4.15. The van der Waals surface area contributed by atoms with Gasteiger partial charge in [-0.1, -0.05) is 6.42 Å². The molecule has 0 aromatic heterocycles. The highest BCUT2D eigenvalue weighted by Crippen LogP contribution is 2.22. The van der Waals surface area contributed by atoms with Crippen molar-refractivity contribution >= 4 is 19.7 Å². The normalized spacial score (nSPS) is 13.2. The van der Waals surface area contributed by atoms with Gasteiger partial charge in [-0.2, -0.15) is 13.2 Å². The van der Waals surface area contributed by atoms with Crippen molar-refractivity contribution < 1.29 is 21.6 Å². The number of hydrogen-bond acceptors (Lipinski definition) is 2. The van der Waals surface area contributed by atoms with Gasteiger partial charge < -0.3 is 0 Å². The predicted octanol–water partition coefficient (Wildman–Crippen LogP) is 2.68. The van der Waals surface area contributed by atoms with Crippen LogP contribution < -0.4 is 0 Å². The number of hydrogen-bond donors (Lipinski definition) is 0. The Morgan fingerprint density at radius 2 is 1.62 bits per heavy atom. The van der Waals surface area contributed by atoms with Crippen LogP contribution in [0.2, 0.25) is 0 Å². The lowest BCUT2D eigenvalue weighted by Crippen LogP contribution is -2.06. The van der Waals surface area contributed by atoms with Crippen molar-refractivity contribution in [2.24, 2.45) is 0 Å². The molecule has 0 radical (unpaired) electrons. The molecule has 0 N–H and O–H groups in total. The Labute approximate surface area is 79.5 Å². The van der Waals surface area contributed by atoms with Crippen LogP contribution in [0.1, 0.15) is 25.7 Å². The summed E-state index contributed by atoms with van der Waals surface area (Å²) >= 11 is 0. The number of alkyl halides is 3. The van der Waals surface area contributed by atoms with Gasteiger partial charge in [0.15, 0.2) is 0 Å². The second-order valence-electron chi connectivity index (χ2n) is 2.67. The summed E-state index contributed by atoms with van der Waals surface area (Å²) in [6, 6.07) is 0. The average Bonchev–Trinajstić information content (AvgIpc) is 1.81. The summed E-state index contributed by atoms with van der Waals surface area (Å²) in [5.41, 5.74) is 0. The van der Waals surface area contributed by atoms with Gasteiger partial charge in [-0.15, -0.1) is 0 Å². The maximum atomic E-state index is 11.6. The van der Waals surface area contributed by atoms with Gasteiger partial charge in [0, 0.05) is 17.1 Å². The first-order chi connectivity index (χ1) is 5.71. The molecule has 0 saturated heterocycles. The molecule has 0 aliphatic heterocycles. The van der Waals surface area contributed by atoms with Crippen molar-refractivity contribution in [3.63, 3.8) is 0 Å². The zero-order valence-electron chi connectivity index (χ0n) is 6.77. The highest BCUT2D eigenvalue weighted by Gasteiger charge is 2.25. The predicted molar refractivity (Wildman–Crippen MR) is 44.2 cm³/mol. The molecule has 0 amide bonds. The molecule has 0 aromatic rings. The van der Waals surface area contributed by atoms with E-state index < -0.39 is 21.6 Å². The molecule has 80 valence electrons. The number of halogens is 4. The average molecular weight is 239 g/mol. The van der Waals surface area contributed by atoms with E-state index in [0.717, 1.165) is 0 Å². The molecule has 0 rings (SSSR count). The van der Waals surface area contributed by atoms with Gasteiger partial charge in [-0.3, -0.25) is 0 Å². The molecule has 0 fully saturated rings. The lowest BCUT2D eigenvalue weighted by atomic mass is 10.2. The van der Waals surface area contributed by atoms with E-state index in [2.05, 4.69) is 0 Å². The minimum absolute atomic E-state index is 0.0457. The molecule has 0 atom stereocenters. The fraction of sp³-hybridized carbons (Fsp3) is 1.00. The first-order valence-electron chi connectivity index (χ1n) is 3.70. The summed E-state index contributed by atoms with van der Waals surface area (Å²) in [4.78, 5) is 0. The van der Waals surface area contributed by atoms with E-state index in [1.807, 2.05) is 0 Å². The second-order valence-corrected chi connectivity index (χ2v) is 5.57. The van der Waals surface area contributed by atoms with Crippen molar-refractivity contribution in [2.75, 3.05) is 5.75 Å². The summed E-state index contributed by atoms with van der Waals surface area (Å²) < 4.78 is 55.4. The van der Waals surface area contributed by atoms with Gasteiger partial charge >= 0.3 is 6.18 Å². The third-order valence-corrected chi connectivity index (χ3v) is 2.59. The van der Waals surface area contributed by atoms with Gasteiger partial charge in [0.2, 0.25) is 9.05 Å².